The Morgan fingerprint density at radius 3 is 3.00 bits per heavy atom. The van der Waals surface area contributed by atoms with Crippen LogP contribution in [0, 0.1) is 0 Å². The van der Waals surface area contributed by atoms with E-state index in [4.69, 9.17) is 14.6 Å². The van der Waals surface area contributed by atoms with E-state index in [2.05, 4.69) is 29.8 Å². The lowest BCUT2D eigenvalue weighted by Gasteiger charge is -2.14. The van der Waals surface area contributed by atoms with Crippen molar-refractivity contribution < 1.29 is 9.47 Å². The van der Waals surface area contributed by atoms with Crippen LogP contribution in [0.25, 0.3) is 0 Å². The third kappa shape index (κ3) is 3.83. The van der Waals surface area contributed by atoms with Gasteiger partial charge in [-0.05, 0) is 36.6 Å². The number of benzene rings is 1. The van der Waals surface area contributed by atoms with Gasteiger partial charge in [-0.25, -0.2) is 0 Å². The monoisotopic (exact) mass is 380 g/mol. The third-order valence-electron chi connectivity index (χ3n) is 4.36. The number of ether oxygens (including phenoxy) is 2. The highest BCUT2D eigenvalue weighted by atomic mass is 32.2. The van der Waals surface area contributed by atoms with Crippen LogP contribution in [0.1, 0.15) is 18.3 Å². The summed E-state index contributed by atoms with van der Waals surface area (Å²) in [5.74, 6) is 3.27. The quantitative estimate of drug-likeness (QED) is 0.714. The average molecular weight is 380 g/mol. The molecule has 1 aromatic carbocycles. The second kappa shape index (κ2) is 7.84. The number of allylic oxidation sites excluding steroid dienone is 5. The maximum atomic E-state index is 5.45. The fourth-order valence-electron chi connectivity index (χ4n) is 2.84. The second-order valence-electron chi connectivity index (χ2n) is 6.20. The van der Waals surface area contributed by atoms with Crippen molar-refractivity contribution in [2.75, 3.05) is 12.5 Å². The van der Waals surface area contributed by atoms with Gasteiger partial charge in [0.2, 0.25) is 11.9 Å². The number of hydrogen-bond acceptors (Lipinski definition) is 6. The van der Waals surface area contributed by atoms with Gasteiger partial charge in [0.05, 0.1) is 5.71 Å². The van der Waals surface area contributed by atoms with Gasteiger partial charge < -0.3 is 9.47 Å². The Labute approximate surface area is 162 Å². The first-order chi connectivity index (χ1) is 13.2. The largest absolute Gasteiger partial charge is 0.454 e. The van der Waals surface area contributed by atoms with Crippen LogP contribution in [0.15, 0.2) is 64.9 Å². The van der Waals surface area contributed by atoms with Gasteiger partial charge in [0.1, 0.15) is 0 Å². The molecule has 0 aliphatic carbocycles. The summed E-state index contributed by atoms with van der Waals surface area (Å²) >= 11 is 1.66. The van der Waals surface area contributed by atoms with E-state index in [1.165, 1.54) is 5.56 Å². The Bertz CT molecular complexity index is 959. The molecule has 0 unspecified atom stereocenters. The molecule has 4 rings (SSSR count). The Morgan fingerprint density at radius 2 is 2.11 bits per heavy atom. The SMILES string of the molecule is C=C/C=C\C=C(/C)C1=Nn2c(CCc3ccc4c(c3)OCO4)nnc2SC1. The van der Waals surface area contributed by atoms with Gasteiger partial charge in [-0.3, -0.25) is 0 Å². The molecule has 0 saturated carbocycles. The Balaban J connectivity index is 1.50. The van der Waals surface area contributed by atoms with E-state index >= 15 is 0 Å². The first kappa shape index (κ1) is 17.6. The van der Waals surface area contributed by atoms with E-state index in [0.29, 0.717) is 6.79 Å². The van der Waals surface area contributed by atoms with Gasteiger partial charge in [-0.1, -0.05) is 48.7 Å². The molecular weight excluding hydrogens is 360 g/mol. The summed E-state index contributed by atoms with van der Waals surface area (Å²) < 4.78 is 12.7. The van der Waals surface area contributed by atoms with Gasteiger partial charge in [0, 0.05) is 12.2 Å². The molecule has 138 valence electrons. The summed E-state index contributed by atoms with van der Waals surface area (Å²) in [6.07, 6.45) is 9.26. The molecule has 7 heteroatoms. The van der Waals surface area contributed by atoms with Crippen molar-refractivity contribution in [2.45, 2.75) is 24.9 Å². The minimum Gasteiger partial charge on any atom is -0.454 e. The average Bonchev–Trinajstić information content (AvgIpc) is 3.32. The summed E-state index contributed by atoms with van der Waals surface area (Å²) in [6.45, 7) is 6.04. The van der Waals surface area contributed by atoms with Crippen LogP contribution in [0.2, 0.25) is 0 Å². The molecule has 27 heavy (non-hydrogen) atoms. The highest BCUT2D eigenvalue weighted by molar-refractivity contribution is 7.99. The molecule has 2 aromatic rings. The van der Waals surface area contributed by atoms with Crippen LogP contribution in [0.4, 0.5) is 0 Å². The van der Waals surface area contributed by atoms with E-state index in [1.54, 1.807) is 17.8 Å². The molecule has 0 radical (unpaired) electrons. The van der Waals surface area contributed by atoms with Crippen molar-refractivity contribution in [3.8, 4) is 11.5 Å². The van der Waals surface area contributed by atoms with E-state index in [-0.39, 0.29) is 0 Å². The predicted octanol–water partition coefficient (Wildman–Crippen LogP) is 3.79. The van der Waals surface area contributed by atoms with Gasteiger partial charge in [-0.2, -0.15) is 9.78 Å². The van der Waals surface area contributed by atoms with Crippen LogP contribution in [-0.2, 0) is 12.8 Å². The van der Waals surface area contributed by atoms with Gasteiger partial charge in [-0.15, -0.1) is 10.2 Å². The molecule has 2 aliphatic rings. The lowest BCUT2D eigenvalue weighted by molar-refractivity contribution is 0.174. The lowest BCUT2D eigenvalue weighted by atomic mass is 10.1. The summed E-state index contributed by atoms with van der Waals surface area (Å²) in [5, 5.41) is 14.2. The molecule has 3 heterocycles. The number of aromatic nitrogens is 3. The molecule has 6 nitrogen and oxygen atoms in total. The van der Waals surface area contributed by atoms with E-state index in [9.17, 15) is 0 Å². The van der Waals surface area contributed by atoms with Crippen molar-refractivity contribution in [2.24, 2.45) is 5.10 Å². The maximum Gasteiger partial charge on any atom is 0.231 e. The fourth-order valence-corrected chi connectivity index (χ4v) is 3.76. The fraction of sp³-hybridized carbons (Fsp3) is 0.250. The zero-order valence-electron chi connectivity index (χ0n) is 15.1. The van der Waals surface area contributed by atoms with Gasteiger partial charge in [0.25, 0.3) is 0 Å². The number of thioether (sulfide) groups is 1. The van der Waals surface area contributed by atoms with Crippen molar-refractivity contribution in [1.29, 1.82) is 0 Å². The molecule has 0 fully saturated rings. The standard InChI is InChI=1S/C20H20N4O2S/c1-3-4-5-6-14(2)16-12-27-20-22-21-19(24(20)23-16)10-8-15-7-9-17-18(11-15)26-13-25-17/h3-7,9,11H,1,8,10,12-13H2,2H3/b5-4-,14-6+. The number of nitrogens with zero attached hydrogens (tertiary/aromatic N) is 4. The van der Waals surface area contributed by atoms with Gasteiger partial charge >= 0.3 is 0 Å². The molecular formula is C20H20N4O2S. The van der Waals surface area contributed by atoms with E-state index in [1.807, 2.05) is 35.0 Å². The van der Waals surface area contributed by atoms with Crippen LogP contribution in [0.3, 0.4) is 0 Å². The first-order valence-electron chi connectivity index (χ1n) is 8.74. The van der Waals surface area contributed by atoms with Crippen LogP contribution >= 0.6 is 11.8 Å². The smallest absolute Gasteiger partial charge is 0.231 e. The number of hydrogen-bond donors (Lipinski definition) is 0. The highest BCUT2D eigenvalue weighted by Gasteiger charge is 2.20. The third-order valence-corrected chi connectivity index (χ3v) is 5.29. The summed E-state index contributed by atoms with van der Waals surface area (Å²) in [5.41, 5.74) is 3.34. The topological polar surface area (TPSA) is 61.5 Å². The summed E-state index contributed by atoms with van der Waals surface area (Å²) in [7, 11) is 0. The second-order valence-corrected chi connectivity index (χ2v) is 7.15. The number of aryl methyl sites for hydroxylation is 2. The van der Waals surface area contributed by atoms with E-state index < -0.39 is 0 Å². The Morgan fingerprint density at radius 1 is 1.22 bits per heavy atom. The minimum atomic E-state index is 0.292. The normalized spacial score (nSPS) is 15.7. The van der Waals surface area contributed by atoms with Crippen molar-refractivity contribution in [3.05, 3.63) is 66.0 Å². The van der Waals surface area contributed by atoms with Crippen LogP contribution in [-0.4, -0.2) is 33.1 Å². The number of fused-ring (bicyclic) bond motifs is 2. The van der Waals surface area contributed by atoms with Gasteiger partial charge in [0.15, 0.2) is 17.3 Å². The Kier molecular flexibility index (Phi) is 5.11. The maximum absolute atomic E-state index is 5.45. The van der Waals surface area contributed by atoms with Crippen molar-refractivity contribution in [3.63, 3.8) is 0 Å². The zero-order chi connectivity index (χ0) is 18.6. The van der Waals surface area contributed by atoms with E-state index in [0.717, 1.165) is 52.4 Å². The molecule has 0 saturated heterocycles. The first-order valence-corrected chi connectivity index (χ1v) is 9.73. The molecule has 0 amide bonds. The highest BCUT2D eigenvalue weighted by Crippen LogP contribution is 2.33. The molecule has 0 spiro atoms. The summed E-state index contributed by atoms with van der Waals surface area (Å²) in [6, 6.07) is 6.04. The predicted molar refractivity (Wildman–Crippen MR) is 107 cm³/mol. The van der Waals surface area contributed by atoms with Crippen molar-refractivity contribution in [1.82, 2.24) is 14.9 Å². The minimum absolute atomic E-state index is 0.292. The zero-order valence-corrected chi connectivity index (χ0v) is 15.9. The van der Waals surface area contributed by atoms with Crippen LogP contribution < -0.4 is 9.47 Å². The summed E-state index contributed by atoms with van der Waals surface area (Å²) in [4.78, 5) is 0. The number of rotatable bonds is 6. The molecule has 0 atom stereocenters. The van der Waals surface area contributed by atoms with Crippen molar-refractivity contribution >= 4 is 17.5 Å². The molecule has 0 N–H and O–H groups in total. The molecule has 1 aromatic heterocycles. The van der Waals surface area contributed by atoms with Crippen LogP contribution in [0.5, 0.6) is 11.5 Å². The molecule has 2 aliphatic heterocycles. The Hall–Kier alpha value is -2.80. The lowest BCUT2D eigenvalue weighted by Crippen LogP contribution is -2.14. The molecule has 0 bridgehead atoms.